The molecule has 0 aliphatic heterocycles. The van der Waals surface area contributed by atoms with E-state index in [-0.39, 0.29) is 50.2 Å². The van der Waals surface area contributed by atoms with Gasteiger partial charge in [-0.3, -0.25) is 13.6 Å². The second kappa shape index (κ2) is 42.8. The third kappa shape index (κ3) is 25.1. The van der Waals surface area contributed by atoms with E-state index < -0.39 is 25.4 Å². The standard InChI is InChI=1S/C108H171O3P/c1-31-37-40-43-46-49-52-55-58-85(34-4)106(88-67-61-79(7)73-94(88)100(13,14)15,89-68-62-80(8)74-95(89)101(16,17)18)109-112(110-107(90-69-63-81(9)75-96(90)102(19,20)21,91-70-64-82(10)76-97(91)103(22,23)24)86(35-5)59-56-53-50-47-44-41-38-32-2)111-108(92-71-65-83(11)77-98(92)104(25,26)27,93-72-66-84(12)78-99(93)105(28,29)30)87(36-6)60-57-54-51-48-45-42-39-33-3/h61-78,85-87H,31-60H2,1-30H3. The van der Waals surface area contributed by atoms with Gasteiger partial charge >= 0.3 is 8.60 Å². The van der Waals surface area contributed by atoms with Gasteiger partial charge in [-0.15, -0.1) is 0 Å². The van der Waals surface area contributed by atoms with Crippen molar-refractivity contribution in [1.29, 1.82) is 0 Å². The van der Waals surface area contributed by atoms with E-state index in [1.807, 2.05) is 0 Å². The van der Waals surface area contributed by atoms with Crippen molar-refractivity contribution in [3.05, 3.63) is 209 Å². The lowest BCUT2D eigenvalue weighted by Crippen LogP contribution is -2.47. The fourth-order valence-electron chi connectivity index (χ4n) is 19.0. The smallest absolute Gasteiger partial charge is 0.295 e. The summed E-state index contributed by atoms with van der Waals surface area (Å²) in [6, 6.07) is 45.1. The largest absolute Gasteiger partial charge is 0.336 e. The minimum atomic E-state index is -2.61. The number of aryl methyl sites for hydroxylation is 6. The average Bonchev–Trinajstić information content (AvgIpc) is 0.709. The van der Waals surface area contributed by atoms with Crippen molar-refractivity contribution in [3.63, 3.8) is 0 Å². The minimum Gasteiger partial charge on any atom is -0.295 e. The first-order valence-corrected chi connectivity index (χ1v) is 47.2. The van der Waals surface area contributed by atoms with Crippen LogP contribution in [-0.4, -0.2) is 0 Å². The summed E-state index contributed by atoms with van der Waals surface area (Å²) in [7, 11) is -2.61. The van der Waals surface area contributed by atoms with E-state index in [4.69, 9.17) is 0 Å². The molecule has 3 nitrogen and oxygen atoms in total. The van der Waals surface area contributed by atoms with Gasteiger partial charge in [0, 0.05) is 0 Å². The van der Waals surface area contributed by atoms with Crippen molar-refractivity contribution in [3.8, 4) is 0 Å². The first-order chi connectivity index (χ1) is 52.6. The Balaban J connectivity index is 2.09. The highest BCUT2D eigenvalue weighted by molar-refractivity contribution is 7.41. The molecule has 0 aromatic heterocycles. The number of hydrogen-bond acceptors (Lipinski definition) is 3. The van der Waals surface area contributed by atoms with Gasteiger partial charge in [0.05, 0.1) is 0 Å². The Kier molecular flexibility index (Phi) is 36.9. The van der Waals surface area contributed by atoms with Crippen molar-refractivity contribution < 1.29 is 13.6 Å². The highest BCUT2D eigenvalue weighted by atomic mass is 31.2. The lowest BCUT2D eigenvalue weighted by molar-refractivity contribution is -0.0711. The van der Waals surface area contributed by atoms with Crippen molar-refractivity contribution in [2.75, 3.05) is 0 Å². The van der Waals surface area contributed by atoms with Gasteiger partial charge in [0.1, 0.15) is 16.8 Å². The molecule has 626 valence electrons. The van der Waals surface area contributed by atoms with Crippen molar-refractivity contribution in [2.45, 2.75) is 450 Å². The van der Waals surface area contributed by atoms with Crippen LogP contribution in [0.15, 0.2) is 109 Å². The van der Waals surface area contributed by atoms with E-state index in [0.717, 1.165) is 57.8 Å². The van der Waals surface area contributed by atoms with Crippen LogP contribution < -0.4 is 0 Å². The zero-order chi connectivity index (χ0) is 83.3. The maximum Gasteiger partial charge on any atom is 0.336 e. The maximum absolute atomic E-state index is 9.82. The van der Waals surface area contributed by atoms with E-state index >= 15 is 0 Å². The Morgan fingerprint density at radius 2 is 0.366 bits per heavy atom. The van der Waals surface area contributed by atoms with Crippen LogP contribution in [0.3, 0.4) is 0 Å². The summed E-state index contributed by atoms with van der Waals surface area (Å²) in [5.74, 6) is -0.0754. The summed E-state index contributed by atoms with van der Waals surface area (Å²) >= 11 is 0. The predicted octanol–water partition coefficient (Wildman–Crippen LogP) is 34.4. The van der Waals surface area contributed by atoms with Gasteiger partial charge in [0.25, 0.3) is 0 Å². The lowest BCUT2D eigenvalue weighted by Gasteiger charge is -2.53. The molecule has 0 saturated carbocycles. The molecule has 4 heteroatoms. The zero-order valence-electron chi connectivity index (χ0n) is 78.5. The van der Waals surface area contributed by atoms with Crippen LogP contribution in [0.2, 0.25) is 0 Å². The topological polar surface area (TPSA) is 27.7 Å². The molecule has 112 heavy (non-hydrogen) atoms. The number of hydrogen-bond donors (Lipinski definition) is 0. The summed E-state index contributed by atoms with van der Waals surface area (Å²) in [5.41, 5.74) is 17.7. The van der Waals surface area contributed by atoms with Gasteiger partial charge in [-0.05, 0) is 197 Å². The van der Waals surface area contributed by atoms with Crippen molar-refractivity contribution in [1.82, 2.24) is 0 Å². The van der Waals surface area contributed by atoms with Gasteiger partial charge in [0.15, 0.2) is 0 Å². The summed E-state index contributed by atoms with van der Waals surface area (Å²) in [6.07, 6.45) is 35.5. The zero-order valence-corrected chi connectivity index (χ0v) is 79.4. The summed E-state index contributed by atoms with van der Waals surface area (Å²) in [5, 5.41) is 0. The van der Waals surface area contributed by atoms with Gasteiger partial charge in [-0.1, -0.05) is 463 Å². The van der Waals surface area contributed by atoms with Crippen LogP contribution in [-0.2, 0) is 62.9 Å². The van der Waals surface area contributed by atoms with Crippen LogP contribution in [0.25, 0.3) is 0 Å². The van der Waals surface area contributed by atoms with Crippen LogP contribution in [0.5, 0.6) is 0 Å². The van der Waals surface area contributed by atoms with Crippen LogP contribution in [0.4, 0.5) is 0 Å². The monoisotopic (exact) mass is 1550 g/mol. The lowest BCUT2D eigenvalue weighted by atomic mass is 9.65. The fourth-order valence-corrected chi connectivity index (χ4v) is 20.8. The Morgan fingerprint density at radius 3 is 0.509 bits per heavy atom. The molecule has 6 rings (SSSR count). The van der Waals surface area contributed by atoms with Gasteiger partial charge in [-0.25, -0.2) is 0 Å². The van der Waals surface area contributed by atoms with E-state index in [1.54, 1.807) is 0 Å². The molecule has 0 radical (unpaired) electrons. The quantitative estimate of drug-likeness (QED) is 0.0282. The molecule has 0 fully saturated rings. The van der Waals surface area contributed by atoms with Crippen molar-refractivity contribution in [2.24, 2.45) is 17.8 Å². The van der Waals surface area contributed by atoms with E-state index in [0.29, 0.717) is 0 Å². The Labute approximate surface area is 694 Å². The molecule has 0 saturated heterocycles. The third-order valence-electron chi connectivity index (χ3n) is 25.4. The molecule has 6 aromatic rings. The first-order valence-electron chi connectivity index (χ1n) is 46.1. The SMILES string of the molecule is CCCCCCCCCCC(CC)C(OP(OC(c1ccc(C)cc1C(C)(C)C)(c1ccc(C)cc1C(C)(C)C)C(CC)CCCCCCCCCC)OC(c1ccc(C)cc1C(C)(C)C)(c1ccc(C)cc1C(C)(C)C)C(CC)CCCCCCCCCC)(c1ccc(C)cc1C(C)(C)C)c1ccc(C)cc1C(C)(C)C. The second-order valence-corrected chi connectivity index (χ2v) is 42.6. The molecular weight excluding hydrogens is 1380 g/mol. The van der Waals surface area contributed by atoms with Gasteiger partial charge < -0.3 is 0 Å². The number of unbranched alkanes of at least 4 members (excludes halogenated alkanes) is 21. The highest BCUT2D eigenvalue weighted by Gasteiger charge is 2.58. The van der Waals surface area contributed by atoms with E-state index in [2.05, 4.69) is 317 Å². The molecule has 0 bridgehead atoms. The molecule has 0 amide bonds. The number of benzene rings is 6. The Morgan fingerprint density at radius 1 is 0.214 bits per heavy atom. The fraction of sp³-hybridized carbons (Fsp3) is 0.667. The Bertz CT molecular complexity index is 3210. The summed E-state index contributed by atoms with van der Waals surface area (Å²) < 4.78 is 29.5. The average molecular weight is 1550 g/mol. The molecule has 3 unspecified atom stereocenters. The predicted molar refractivity (Wildman–Crippen MR) is 495 cm³/mol. The Hall–Kier alpha value is -4.37. The number of rotatable bonds is 45. The molecule has 6 aromatic carbocycles. The molecule has 0 N–H and O–H groups in total. The molecule has 3 atom stereocenters. The highest BCUT2D eigenvalue weighted by Crippen LogP contribution is 2.68. The first kappa shape index (κ1) is 96.5. The minimum absolute atomic E-state index is 0.0251. The van der Waals surface area contributed by atoms with E-state index in [1.165, 1.54) is 235 Å². The van der Waals surface area contributed by atoms with Crippen LogP contribution in [0, 0.1) is 59.3 Å². The molecule has 0 aliphatic carbocycles. The normalized spacial score (nSPS) is 14.3. The van der Waals surface area contributed by atoms with Crippen LogP contribution in [0.1, 0.15) is 459 Å². The molecule has 0 heterocycles. The van der Waals surface area contributed by atoms with Gasteiger partial charge in [0.2, 0.25) is 0 Å². The summed E-state index contributed by atoms with van der Waals surface area (Å²) in [4.78, 5) is 0. The third-order valence-corrected chi connectivity index (χ3v) is 26.7. The van der Waals surface area contributed by atoms with Gasteiger partial charge in [-0.2, -0.15) is 0 Å². The maximum atomic E-state index is 9.82. The van der Waals surface area contributed by atoms with Crippen molar-refractivity contribution >= 4 is 8.60 Å². The second-order valence-electron chi connectivity index (χ2n) is 41.6. The molecule has 0 aliphatic rings. The molecular formula is C108H171O3P. The van der Waals surface area contributed by atoms with Crippen LogP contribution >= 0.6 is 8.60 Å². The van der Waals surface area contributed by atoms with E-state index in [9.17, 15) is 13.6 Å². The summed E-state index contributed by atoms with van der Waals surface area (Å²) in [6.45, 7) is 72.7. The molecule has 0 spiro atoms.